The zero-order valence-electron chi connectivity index (χ0n) is 12.7. The highest BCUT2D eigenvalue weighted by molar-refractivity contribution is 5.01. The number of rotatable bonds is 2. The Kier molecular flexibility index (Phi) is 2.71. The second-order valence-electron chi connectivity index (χ2n) is 7.52. The van der Waals surface area contributed by atoms with Crippen LogP contribution in [-0.4, -0.2) is 29.5 Å². The van der Waals surface area contributed by atoms with E-state index in [9.17, 15) is 0 Å². The van der Waals surface area contributed by atoms with E-state index >= 15 is 0 Å². The van der Waals surface area contributed by atoms with Crippen LogP contribution in [0.15, 0.2) is 25.3 Å². The highest BCUT2D eigenvalue weighted by atomic mass is 15.3. The fourth-order valence-electron chi connectivity index (χ4n) is 4.98. The molecule has 0 unspecified atom stereocenters. The number of hydrogen-bond donors (Lipinski definition) is 0. The third-order valence-corrected chi connectivity index (χ3v) is 5.66. The predicted octanol–water partition coefficient (Wildman–Crippen LogP) is 2.21. The highest BCUT2D eigenvalue weighted by Crippen LogP contribution is 2.52. The lowest BCUT2D eigenvalue weighted by molar-refractivity contribution is 0.0141. The summed E-state index contributed by atoms with van der Waals surface area (Å²) in [5.41, 5.74) is 0.344. The van der Waals surface area contributed by atoms with Crippen molar-refractivity contribution in [2.75, 3.05) is 0 Å². The molecule has 2 aliphatic carbocycles. The third-order valence-electron chi connectivity index (χ3n) is 5.66. The van der Waals surface area contributed by atoms with E-state index in [2.05, 4.69) is 43.4 Å². The first kappa shape index (κ1) is 13.0. The monoisotopic (exact) mass is 286 g/mol. The number of aromatic nitrogens is 6. The smallest absolute Gasteiger partial charge is 0.119 e. The molecule has 2 heterocycles. The maximum Gasteiger partial charge on any atom is 0.119 e. The summed E-state index contributed by atoms with van der Waals surface area (Å²) in [7, 11) is 0. The molecule has 2 fully saturated rings. The van der Waals surface area contributed by atoms with Gasteiger partial charge in [0.05, 0.1) is 0 Å². The van der Waals surface area contributed by atoms with Crippen molar-refractivity contribution in [1.82, 2.24) is 29.5 Å². The Bertz CT molecular complexity index is 536. The van der Waals surface area contributed by atoms with Crippen LogP contribution in [0.25, 0.3) is 0 Å². The van der Waals surface area contributed by atoms with Crippen LogP contribution in [-0.2, 0) is 11.1 Å². The zero-order chi connectivity index (χ0) is 14.5. The summed E-state index contributed by atoms with van der Waals surface area (Å²) in [6, 6.07) is 0. The van der Waals surface area contributed by atoms with E-state index in [4.69, 9.17) is 0 Å². The minimum absolute atomic E-state index is 0.172. The molecule has 4 rings (SSSR count). The molecule has 0 radical (unpaired) electrons. The number of nitrogens with zero attached hydrogens (tertiary/aromatic N) is 6. The van der Waals surface area contributed by atoms with Crippen molar-refractivity contribution in [2.45, 2.75) is 57.0 Å². The van der Waals surface area contributed by atoms with Crippen molar-refractivity contribution in [2.24, 2.45) is 11.8 Å². The Labute approximate surface area is 124 Å². The van der Waals surface area contributed by atoms with Crippen molar-refractivity contribution < 1.29 is 0 Å². The fraction of sp³-hybridized carbons (Fsp3) is 0.733. The summed E-state index contributed by atoms with van der Waals surface area (Å²) < 4.78 is 4.43. The molecule has 2 aromatic rings. The van der Waals surface area contributed by atoms with E-state index < -0.39 is 0 Å². The molecule has 2 aliphatic rings. The molecule has 0 aromatic carbocycles. The number of fused-ring (bicyclic) bond motifs is 2. The van der Waals surface area contributed by atoms with Crippen LogP contribution in [0.4, 0.5) is 0 Å². The average molecular weight is 286 g/mol. The second kappa shape index (κ2) is 4.39. The molecule has 0 atom stereocenters. The van der Waals surface area contributed by atoms with Crippen LogP contribution in [0.2, 0.25) is 0 Å². The molecule has 6 nitrogen and oxygen atoms in total. The summed E-state index contributed by atoms with van der Waals surface area (Å²) in [6.07, 6.45) is 13.7. The van der Waals surface area contributed by atoms with Gasteiger partial charge in [0.15, 0.2) is 0 Å². The van der Waals surface area contributed by atoms with Gasteiger partial charge in [-0.15, -0.1) is 20.4 Å². The predicted molar refractivity (Wildman–Crippen MR) is 77.4 cm³/mol. The fourth-order valence-corrected chi connectivity index (χ4v) is 4.98. The quantitative estimate of drug-likeness (QED) is 0.849. The highest BCUT2D eigenvalue weighted by Gasteiger charge is 2.47. The molecule has 0 amide bonds. The molecule has 0 saturated heterocycles. The van der Waals surface area contributed by atoms with Crippen LogP contribution in [0.1, 0.15) is 46.0 Å². The second-order valence-corrected chi connectivity index (χ2v) is 7.52. The molecule has 2 aromatic heterocycles. The van der Waals surface area contributed by atoms with Gasteiger partial charge in [0.2, 0.25) is 0 Å². The van der Waals surface area contributed by atoms with Gasteiger partial charge in [-0.05, 0) is 57.8 Å². The van der Waals surface area contributed by atoms with Crippen LogP contribution in [0, 0.1) is 11.8 Å². The van der Waals surface area contributed by atoms with Gasteiger partial charge >= 0.3 is 0 Å². The normalized spacial score (nSPS) is 39.3. The lowest BCUT2D eigenvalue weighted by atomic mass is 9.60. The molecule has 2 saturated carbocycles. The molecule has 0 spiro atoms. The summed E-state index contributed by atoms with van der Waals surface area (Å²) in [4.78, 5) is 0. The Morgan fingerprint density at radius 1 is 0.714 bits per heavy atom. The molecule has 6 heteroatoms. The first-order chi connectivity index (χ1) is 10.1. The van der Waals surface area contributed by atoms with Crippen LogP contribution >= 0.6 is 0 Å². The molecule has 2 bridgehead atoms. The first-order valence-corrected chi connectivity index (χ1v) is 7.78. The molecule has 0 aliphatic heterocycles. The largest absolute Gasteiger partial charge is 0.314 e. The lowest BCUT2D eigenvalue weighted by Gasteiger charge is -2.51. The maximum atomic E-state index is 4.00. The van der Waals surface area contributed by atoms with Crippen molar-refractivity contribution >= 4 is 0 Å². The average Bonchev–Trinajstić information content (AvgIpc) is 3.12. The van der Waals surface area contributed by atoms with Gasteiger partial charge < -0.3 is 9.13 Å². The Morgan fingerprint density at radius 2 is 1.05 bits per heavy atom. The zero-order valence-corrected chi connectivity index (χ0v) is 12.7. The van der Waals surface area contributed by atoms with Gasteiger partial charge in [-0.3, -0.25) is 0 Å². The van der Waals surface area contributed by atoms with E-state index in [-0.39, 0.29) is 11.1 Å². The number of hydrogen-bond acceptors (Lipinski definition) is 4. The van der Waals surface area contributed by atoms with Gasteiger partial charge in [0.1, 0.15) is 25.3 Å². The van der Waals surface area contributed by atoms with Crippen molar-refractivity contribution in [3.63, 3.8) is 0 Å². The minimum atomic E-state index is 0.172. The topological polar surface area (TPSA) is 61.4 Å². The molecule has 0 N–H and O–H groups in total. The minimum Gasteiger partial charge on any atom is -0.314 e. The van der Waals surface area contributed by atoms with Crippen molar-refractivity contribution in [1.29, 1.82) is 0 Å². The van der Waals surface area contributed by atoms with E-state index in [1.807, 2.05) is 25.3 Å². The van der Waals surface area contributed by atoms with Gasteiger partial charge in [0, 0.05) is 11.1 Å². The van der Waals surface area contributed by atoms with Crippen molar-refractivity contribution in [3.8, 4) is 0 Å². The Hall–Kier alpha value is -1.72. The van der Waals surface area contributed by atoms with E-state index in [0.29, 0.717) is 0 Å². The standard InChI is InChI=1S/C15H22N6/c1-14(20-8-16-17-9-20)4-12-3-13(5-14)7-15(2,6-12)21-10-18-19-11-21/h8-13H,3-7H2,1-2H3. The van der Waals surface area contributed by atoms with Crippen LogP contribution in [0.5, 0.6) is 0 Å². The molecular weight excluding hydrogens is 264 g/mol. The summed E-state index contributed by atoms with van der Waals surface area (Å²) >= 11 is 0. The van der Waals surface area contributed by atoms with Crippen LogP contribution < -0.4 is 0 Å². The third kappa shape index (κ3) is 2.08. The SMILES string of the molecule is CC1(n2cnnc2)CC2CC(C1)CC(C)(n1cnnc1)C2. The van der Waals surface area contributed by atoms with Crippen molar-refractivity contribution in [3.05, 3.63) is 25.3 Å². The van der Waals surface area contributed by atoms with E-state index in [1.165, 1.54) is 32.1 Å². The first-order valence-electron chi connectivity index (χ1n) is 7.78. The van der Waals surface area contributed by atoms with Gasteiger partial charge in [0.25, 0.3) is 0 Å². The Morgan fingerprint density at radius 3 is 1.38 bits per heavy atom. The summed E-state index contributed by atoms with van der Waals surface area (Å²) in [6.45, 7) is 4.72. The van der Waals surface area contributed by atoms with E-state index in [1.54, 1.807) is 0 Å². The Balaban J connectivity index is 1.60. The van der Waals surface area contributed by atoms with Gasteiger partial charge in [-0.25, -0.2) is 0 Å². The lowest BCUT2D eigenvalue weighted by Crippen LogP contribution is -2.48. The molecule has 21 heavy (non-hydrogen) atoms. The molecule has 112 valence electrons. The van der Waals surface area contributed by atoms with E-state index in [0.717, 1.165) is 11.8 Å². The maximum absolute atomic E-state index is 4.00. The summed E-state index contributed by atoms with van der Waals surface area (Å²) in [5, 5.41) is 16.0. The van der Waals surface area contributed by atoms with Gasteiger partial charge in [-0.1, -0.05) is 0 Å². The summed E-state index contributed by atoms with van der Waals surface area (Å²) in [5.74, 6) is 1.49. The van der Waals surface area contributed by atoms with Crippen LogP contribution in [0.3, 0.4) is 0 Å². The van der Waals surface area contributed by atoms with Gasteiger partial charge in [-0.2, -0.15) is 0 Å². The molecular formula is C15H22N6.